The van der Waals surface area contributed by atoms with Crippen molar-refractivity contribution in [3.8, 4) is 11.1 Å². The lowest BCUT2D eigenvalue weighted by molar-refractivity contribution is 0.341. The number of thiophene rings is 2. The van der Waals surface area contributed by atoms with Gasteiger partial charge in [-0.1, -0.05) is 98.6 Å². The highest BCUT2D eigenvalue weighted by atomic mass is 79.9. The molecule has 0 unspecified atom stereocenters. The molecule has 0 spiro atoms. The Morgan fingerprint density at radius 1 is 0.500 bits per heavy atom. The van der Waals surface area contributed by atoms with Gasteiger partial charge in [-0.2, -0.15) is 0 Å². The maximum absolute atomic E-state index is 5.10. The van der Waals surface area contributed by atoms with E-state index in [-0.39, 0.29) is 0 Å². The maximum Gasteiger partial charge on any atom is 0.0830 e. The van der Waals surface area contributed by atoms with Crippen LogP contribution < -0.4 is 0 Å². The quantitative estimate of drug-likeness (QED) is 0.129. The van der Waals surface area contributed by atoms with Gasteiger partial charge in [0.1, 0.15) is 0 Å². The first-order chi connectivity index (χ1) is 22.6. The van der Waals surface area contributed by atoms with Gasteiger partial charge in [0, 0.05) is 49.3 Å². The van der Waals surface area contributed by atoms with Crippen molar-refractivity contribution in [3.63, 3.8) is 0 Å². The molecule has 7 aromatic carbocycles. The summed E-state index contributed by atoms with van der Waals surface area (Å²) in [6, 6.07) is 46.0. The van der Waals surface area contributed by atoms with Crippen molar-refractivity contribution >= 4 is 122 Å². The third kappa shape index (κ3) is 5.41. The van der Waals surface area contributed by atoms with Crippen molar-refractivity contribution in [1.82, 2.24) is 0 Å². The molecule has 0 aliphatic carbocycles. The summed E-state index contributed by atoms with van der Waals surface area (Å²) in [5.41, 5.74) is 3.54. The van der Waals surface area contributed by atoms with Crippen LogP contribution in [-0.2, 0) is 4.74 Å². The third-order valence-electron chi connectivity index (χ3n) is 8.38. The van der Waals surface area contributed by atoms with Crippen molar-refractivity contribution in [2.45, 2.75) is 0 Å². The van der Waals surface area contributed by atoms with E-state index < -0.39 is 0 Å². The SMILES string of the molecule is Brc1ccc2c(ccc3cc4sc5ccccc5c4cc32)c1.CO/C=C/c1cc(Br)ccc1-c1ccc2sc3ccccc3c2c1. The van der Waals surface area contributed by atoms with Crippen molar-refractivity contribution in [1.29, 1.82) is 0 Å². The summed E-state index contributed by atoms with van der Waals surface area (Å²) in [7, 11) is 1.66. The predicted molar refractivity (Wildman–Crippen MR) is 211 cm³/mol. The van der Waals surface area contributed by atoms with E-state index in [0.29, 0.717) is 0 Å². The van der Waals surface area contributed by atoms with Crippen LogP contribution in [0.15, 0.2) is 143 Å². The Bertz CT molecular complexity index is 2610. The van der Waals surface area contributed by atoms with Gasteiger partial charge < -0.3 is 4.74 Å². The molecule has 222 valence electrons. The van der Waals surface area contributed by atoms with Gasteiger partial charge in [0.2, 0.25) is 0 Å². The summed E-state index contributed by atoms with van der Waals surface area (Å²) in [6.07, 6.45) is 3.71. The Kier molecular flexibility index (Phi) is 7.87. The highest BCUT2D eigenvalue weighted by molar-refractivity contribution is 9.10. The highest BCUT2D eigenvalue weighted by Crippen LogP contribution is 2.39. The Balaban J connectivity index is 0.000000136. The Hall–Kier alpha value is -4.00. The van der Waals surface area contributed by atoms with Crippen molar-refractivity contribution in [2.75, 3.05) is 7.11 Å². The number of hydrogen-bond acceptors (Lipinski definition) is 3. The van der Waals surface area contributed by atoms with Gasteiger partial charge in [-0.3, -0.25) is 0 Å². The van der Waals surface area contributed by atoms with E-state index in [9.17, 15) is 0 Å². The summed E-state index contributed by atoms with van der Waals surface area (Å²) in [5, 5.41) is 10.6. The number of ether oxygens (including phenoxy) is 1. The number of rotatable bonds is 3. The van der Waals surface area contributed by atoms with E-state index in [1.165, 1.54) is 73.0 Å². The summed E-state index contributed by atoms with van der Waals surface area (Å²) in [4.78, 5) is 0. The lowest BCUT2D eigenvalue weighted by atomic mass is 9.98. The molecule has 5 heteroatoms. The molecule has 0 aliphatic rings. The van der Waals surface area contributed by atoms with E-state index in [1.54, 1.807) is 13.4 Å². The standard InChI is InChI=1S/C21H15BrOS.C20H11BrS/c1-23-11-10-15-12-16(22)7-8-17(15)14-6-9-21-19(13-14)18-4-2-3-5-20(18)24-21;21-14-7-8-15-12(9-14)5-6-13-10-20-18(11-17(13)15)16-3-1-2-4-19(16)22-20/h2-13H,1H3;1-11H/b11-10+;. The molecule has 1 nitrogen and oxygen atoms in total. The molecular formula is C41H26Br2OS2. The van der Waals surface area contributed by atoms with Crippen LogP contribution in [-0.4, -0.2) is 7.11 Å². The Morgan fingerprint density at radius 3 is 1.89 bits per heavy atom. The third-order valence-corrected chi connectivity index (χ3v) is 11.7. The van der Waals surface area contributed by atoms with E-state index in [0.717, 1.165) is 14.5 Å². The van der Waals surface area contributed by atoms with Crippen LogP contribution in [0.1, 0.15) is 5.56 Å². The molecule has 0 amide bonds. The number of halogens is 2. The molecule has 0 saturated carbocycles. The molecule has 0 fully saturated rings. The van der Waals surface area contributed by atoms with Crippen LogP contribution in [0.3, 0.4) is 0 Å². The number of methoxy groups -OCH3 is 1. The second-order valence-electron chi connectivity index (χ2n) is 11.2. The fourth-order valence-electron chi connectivity index (χ4n) is 6.22. The van der Waals surface area contributed by atoms with Crippen LogP contribution in [0, 0.1) is 0 Å². The summed E-state index contributed by atoms with van der Waals surface area (Å²) in [5.74, 6) is 0. The van der Waals surface area contributed by atoms with Crippen LogP contribution in [0.5, 0.6) is 0 Å². The van der Waals surface area contributed by atoms with Gasteiger partial charge in [0.15, 0.2) is 0 Å². The van der Waals surface area contributed by atoms with Crippen LogP contribution >= 0.6 is 54.5 Å². The Morgan fingerprint density at radius 2 is 1.13 bits per heavy atom. The minimum atomic E-state index is 1.06. The first-order valence-electron chi connectivity index (χ1n) is 14.9. The fourth-order valence-corrected chi connectivity index (χ4v) is 9.20. The highest BCUT2D eigenvalue weighted by Gasteiger charge is 2.10. The number of benzene rings is 7. The van der Waals surface area contributed by atoms with Crippen molar-refractivity contribution in [3.05, 3.63) is 148 Å². The second-order valence-corrected chi connectivity index (χ2v) is 15.2. The topological polar surface area (TPSA) is 9.23 Å². The molecule has 46 heavy (non-hydrogen) atoms. The van der Waals surface area contributed by atoms with Crippen LogP contribution in [0.4, 0.5) is 0 Å². The predicted octanol–water partition coefficient (Wildman–Crippen LogP) is 14.2. The van der Waals surface area contributed by atoms with Gasteiger partial charge in [0.05, 0.1) is 13.4 Å². The monoisotopic (exact) mass is 756 g/mol. The largest absolute Gasteiger partial charge is 0.504 e. The fraction of sp³-hybridized carbons (Fsp3) is 0.0244. The molecule has 0 aliphatic heterocycles. The maximum atomic E-state index is 5.10. The minimum Gasteiger partial charge on any atom is -0.504 e. The molecule has 0 N–H and O–H groups in total. The first-order valence-corrected chi connectivity index (χ1v) is 18.1. The molecule has 9 aromatic rings. The minimum absolute atomic E-state index is 1.06. The van der Waals surface area contributed by atoms with E-state index >= 15 is 0 Å². The van der Waals surface area contributed by atoms with E-state index in [1.807, 2.05) is 28.7 Å². The summed E-state index contributed by atoms with van der Waals surface area (Å²) < 4.78 is 12.7. The molecule has 0 atom stereocenters. The van der Waals surface area contributed by atoms with Gasteiger partial charge in [-0.15, -0.1) is 22.7 Å². The van der Waals surface area contributed by atoms with E-state index in [2.05, 4.69) is 159 Å². The molecule has 0 radical (unpaired) electrons. The Labute approximate surface area is 291 Å². The number of hydrogen-bond donors (Lipinski definition) is 0. The van der Waals surface area contributed by atoms with Crippen molar-refractivity contribution in [2.24, 2.45) is 0 Å². The zero-order valence-corrected chi connectivity index (χ0v) is 29.6. The van der Waals surface area contributed by atoms with Crippen LogP contribution in [0.2, 0.25) is 0 Å². The lowest BCUT2D eigenvalue weighted by Gasteiger charge is -2.08. The average molecular weight is 759 g/mol. The van der Waals surface area contributed by atoms with Gasteiger partial charge in [-0.25, -0.2) is 0 Å². The summed E-state index contributed by atoms with van der Waals surface area (Å²) in [6.45, 7) is 0. The zero-order chi connectivity index (χ0) is 31.2. The van der Waals surface area contributed by atoms with Gasteiger partial charge in [0.25, 0.3) is 0 Å². The smallest absolute Gasteiger partial charge is 0.0830 e. The number of fused-ring (bicyclic) bond motifs is 9. The second kappa shape index (κ2) is 12.3. The first kappa shape index (κ1) is 29.4. The van der Waals surface area contributed by atoms with Crippen molar-refractivity contribution < 1.29 is 4.74 Å². The van der Waals surface area contributed by atoms with Gasteiger partial charge in [-0.05, 0) is 105 Å². The molecular weight excluding hydrogens is 732 g/mol. The molecule has 0 bridgehead atoms. The molecule has 2 aromatic heterocycles. The average Bonchev–Trinajstić information content (AvgIpc) is 3.64. The molecule has 0 saturated heterocycles. The lowest BCUT2D eigenvalue weighted by Crippen LogP contribution is -1.84. The van der Waals surface area contributed by atoms with Gasteiger partial charge >= 0.3 is 0 Å². The molecule has 9 rings (SSSR count). The normalized spacial score (nSPS) is 11.7. The summed E-state index contributed by atoms with van der Waals surface area (Å²) >= 11 is 10.8. The van der Waals surface area contributed by atoms with Crippen LogP contribution in [0.25, 0.3) is 79.1 Å². The zero-order valence-electron chi connectivity index (χ0n) is 24.8. The van der Waals surface area contributed by atoms with E-state index in [4.69, 9.17) is 4.74 Å². The molecule has 2 heterocycles.